The molecule has 4 amide bonds. The van der Waals surface area contributed by atoms with Gasteiger partial charge in [0.25, 0.3) is 0 Å². The first-order chi connectivity index (χ1) is 24.1. The predicted octanol–water partition coefficient (Wildman–Crippen LogP) is 6.53. The highest BCUT2D eigenvalue weighted by Crippen LogP contribution is 2.64. The van der Waals surface area contributed by atoms with Crippen molar-refractivity contribution in [3.05, 3.63) is 101 Å². The molecule has 0 bridgehead atoms. The molecule has 1 N–H and O–H groups in total. The number of amides is 4. The Hall–Kier alpha value is -4.98. The maximum Gasteiger partial charge on any atom is 0.416 e. The van der Waals surface area contributed by atoms with Crippen LogP contribution in [0.1, 0.15) is 42.4 Å². The second-order valence-electron chi connectivity index (χ2n) is 13.4. The third-order valence-electron chi connectivity index (χ3n) is 10.7. The number of hydrogen-bond acceptors (Lipinski definition) is 6. The van der Waals surface area contributed by atoms with Crippen molar-refractivity contribution in [1.82, 2.24) is 0 Å². The van der Waals surface area contributed by atoms with Crippen LogP contribution in [0.25, 0.3) is 0 Å². The Morgan fingerprint density at radius 1 is 0.784 bits per heavy atom. The maximum absolute atomic E-state index is 14.5. The number of alkyl halides is 6. The molecule has 51 heavy (non-hydrogen) atoms. The molecule has 2 saturated heterocycles. The molecule has 266 valence electrons. The summed E-state index contributed by atoms with van der Waals surface area (Å²) in [5.74, 6) is -7.47. The number of imide groups is 2. The van der Waals surface area contributed by atoms with E-state index < -0.39 is 87.8 Å². The first-order valence-electron chi connectivity index (χ1n) is 16.2. The van der Waals surface area contributed by atoms with E-state index in [1.54, 1.807) is 67.6 Å². The van der Waals surface area contributed by atoms with E-state index in [4.69, 9.17) is 9.84 Å². The molecular weight excluding hydrogens is 682 g/mol. The highest BCUT2D eigenvalue weighted by atomic mass is 19.4. The molecule has 0 radical (unpaired) electrons. The Balaban J connectivity index is 1.33. The number of rotatable bonds is 6. The Labute approximate surface area is 287 Å². The van der Waals surface area contributed by atoms with E-state index in [1.165, 1.54) is 0 Å². The lowest BCUT2D eigenvalue weighted by molar-refractivity contribution is -0.143. The normalized spacial score (nSPS) is 27.7. The molecule has 6 atom stereocenters. The Kier molecular flexibility index (Phi) is 8.16. The molecular formula is C37H30F6N2O6. The summed E-state index contributed by atoms with van der Waals surface area (Å²) in [6, 6.07) is 15.6. The first kappa shape index (κ1) is 34.5. The lowest BCUT2D eigenvalue weighted by Gasteiger charge is -2.49. The number of aliphatic hydroxyl groups excluding tert-OH is 1. The molecule has 2 aliphatic carbocycles. The molecule has 2 heterocycles. The number of fused-ring (bicyclic) bond motifs is 4. The van der Waals surface area contributed by atoms with E-state index in [1.807, 2.05) is 0 Å². The van der Waals surface area contributed by atoms with Crippen LogP contribution in [0.2, 0.25) is 0 Å². The number of benzene rings is 3. The SMILES string of the molecule is CC12C(=O)N(c3ccccc3)C(=O)C1CC1C(=CCC3C(=O)N(c4cc(C(F)(F)F)cc(C(F)(F)F)c4)C(=O)C31)C2c1ccc(OCCO)cc1. The summed E-state index contributed by atoms with van der Waals surface area (Å²) in [6.07, 6.45) is -8.82. The van der Waals surface area contributed by atoms with Gasteiger partial charge in [-0.15, -0.1) is 0 Å². The van der Waals surface area contributed by atoms with E-state index in [0.29, 0.717) is 39.6 Å². The van der Waals surface area contributed by atoms with E-state index in [2.05, 4.69) is 0 Å². The van der Waals surface area contributed by atoms with E-state index >= 15 is 0 Å². The fourth-order valence-electron chi connectivity index (χ4n) is 8.46. The van der Waals surface area contributed by atoms with Crippen molar-refractivity contribution >= 4 is 35.0 Å². The standard InChI is InChI=1S/C37H30F6N2O6/c1-35-28(32(48)45(34(35)50)22-5-3-2-4-6-22)18-27-25(30(35)19-7-9-24(10-8-19)51-14-13-46)11-12-26-29(27)33(49)44(31(26)47)23-16-20(36(38,39)40)15-21(17-23)37(41,42)43/h2-11,15-17,26-30,46H,12-14,18H2,1H3. The van der Waals surface area contributed by atoms with Gasteiger partial charge in [-0.3, -0.25) is 19.2 Å². The quantitative estimate of drug-likeness (QED) is 0.177. The fourth-order valence-corrected chi connectivity index (χ4v) is 8.46. The van der Waals surface area contributed by atoms with Gasteiger partial charge >= 0.3 is 12.4 Å². The first-order valence-corrected chi connectivity index (χ1v) is 16.2. The van der Waals surface area contributed by atoms with Crippen LogP contribution < -0.4 is 14.5 Å². The van der Waals surface area contributed by atoms with Gasteiger partial charge in [0.2, 0.25) is 23.6 Å². The molecule has 8 nitrogen and oxygen atoms in total. The monoisotopic (exact) mass is 712 g/mol. The van der Waals surface area contributed by atoms with E-state index in [0.717, 1.165) is 4.90 Å². The molecule has 0 aromatic heterocycles. The molecule has 3 aromatic rings. The van der Waals surface area contributed by atoms with E-state index in [-0.39, 0.29) is 32.1 Å². The molecule has 6 unspecified atom stereocenters. The minimum absolute atomic E-state index is 0.0286. The lowest BCUT2D eigenvalue weighted by atomic mass is 9.51. The summed E-state index contributed by atoms with van der Waals surface area (Å²) >= 11 is 0. The maximum atomic E-state index is 14.5. The summed E-state index contributed by atoms with van der Waals surface area (Å²) in [5, 5.41) is 9.17. The summed E-state index contributed by atoms with van der Waals surface area (Å²) in [6.45, 7) is 1.48. The number of aliphatic hydroxyl groups is 1. The van der Waals surface area contributed by atoms with Crippen LogP contribution in [0.5, 0.6) is 5.75 Å². The summed E-state index contributed by atoms with van der Waals surface area (Å²) in [4.78, 5) is 58.3. The number of halogens is 6. The average molecular weight is 713 g/mol. The van der Waals surface area contributed by atoms with Gasteiger partial charge in [0.1, 0.15) is 12.4 Å². The second kappa shape index (κ2) is 12.1. The van der Waals surface area contributed by atoms with Gasteiger partial charge in [0, 0.05) is 5.92 Å². The van der Waals surface area contributed by atoms with Gasteiger partial charge in [-0.25, -0.2) is 9.80 Å². The van der Waals surface area contributed by atoms with Crippen LogP contribution in [-0.2, 0) is 31.5 Å². The van der Waals surface area contributed by atoms with Gasteiger partial charge in [-0.2, -0.15) is 26.3 Å². The predicted molar refractivity (Wildman–Crippen MR) is 169 cm³/mol. The number of hydrogen-bond donors (Lipinski definition) is 1. The highest BCUT2D eigenvalue weighted by Gasteiger charge is 2.67. The number of carbonyl (C=O) groups is 4. The smallest absolute Gasteiger partial charge is 0.416 e. The van der Waals surface area contributed by atoms with Crippen molar-refractivity contribution in [3.8, 4) is 5.75 Å². The lowest BCUT2D eigenvalue weighted by Crippen LogP contribution is -2.48. The van der Waals surface area contributed by atoms with Crippen molar-refractivity contribution in [2.75, 3.05) is 23.0 Å². The van der Waals surface area contributed by atoms with Gasteiger partial charge in [0.05, 0.1) is 52.3 Å². The number of para-hydroxylation sites is 1. The molecule has 7 rings (SSSR count). The van der Waals surface area contributed by atoms with Gasteiger partial charge in [-0.05, 0) is 73.7 Å². The molecule has 2 aliphatic heterocycles. The van der Waals surface area contributed by atoms with Crippen LogP contribution in [0.3, 0.4) is 0 Å². The van der Waals surface area contributed by atoms with Crippen molar-refractivity contribution in [1.29, 1.82) is 0 Å². The Bertz CT molecular complexity index is 1930. The third kappa shape index (κ3) is 5.42. The summed E-state index contributed by atoms with van der Waals surface area (Å²) in [7, 11) is 0. The zero-order valence-electron chi connectivity index (χ0n) is 26.9. The number of allylic oxidation sites excluding steroid dienone is 2. The summed E-state index contributed by atoms with van der Waals surface area (Å²) in [5.41, 5.74) is -4.04. The van der Waals surface area contributed by atoms with Crippen molar-refractivity contribution in [2.45, 2.75) is 38.0 Å². The van der Waals surface area contributed by atoms with Crippen molar-refractivity contribution < 1.29 is 55.4 Å². The molecule has 3 fully saturated rings. The molecule has 0 spiro atoms. The summed E-state index contributed by atoms with van der Waals surface area (Å²) < 4.78 is 88.1. The number of ether oxygens (including phenoxy) is 1. The second-order valence-corrected chi connectivity index (χ2v) is 13.4. The van der Waals surface area contributed by atoms with Gasteiger partial charge < -0.3 is 9.84 Å². The molecule has 4 aliphatic rings. The number of anilines is 2. The molecule has 14 heteroatoms. The topological polar surface area (TPSA) is 104 Å². The Morgan fingerprint density at radius 3 is 2.00 bits per heavy atom. The third-order valence-corrected chi connectivity index (χ3v) is 10.7. The number of nitrogens with zero attached hydrogens (tertiary/aromatic N) is 2. The van der Waals surface area contributed by atoms with Crippen molar-refractivity contribution in [2.24, 2.45) is 29.1 Å². The van der Waals surface area contributed by atoms with Crippen LogP contribution in [-0.4, -0.2) is 41.9 Å². The zero-order chi connectivity index (χ0) is 36.6. The van der Waals surface area contributed by atoms with Crippen LogP contribution in [0.4, 0.5) is 37.7 Å². The van der Waals surface area contributed by atoms with Gasteiger partial charge in [0.15, 0.2) is 0 Å². The number of carbonyl (C=O) groups excluding carboxylic acids is 4. The molecule has 3 aromatic carbocycles. The molecule has 1 saturated carbocycles. The Morgan fingerprint density at radius 2 is 1.41 bits per heavy atom. The van der Waals surface area contributed by atoms with Crippen LogP contribution >= 0.6 is 0 Å². The minimum Gasteiger partial charge on any atom is -0.491 e. The van der Waals surface area contributed by atoms with Crippen LogP contribution in [0, 0.1) is 29.1 Å². The van der Waals surface area contributed by atoms with E-state index in [9.17, 15) is 45.5 Å². The fraction of sp³-hybridized carbons (Fsp3) is 0.351. The minimum atomic E-state index is -5.21. The van der Waals surface area contributed by atoms with Crippen LogP contribution in [0.15, 0.2) is 84.4 Å². The average Bonchev–Trinajstić information content (AvgIpc) is 3.46. The van der Waals surface area contributed by atoms with Crippen molar-refractivity contribution in [3.63, 3.8) is 0 Å². The largest absolute Gasteiger partial charge is 0.491 e. The van der Waals surface area contributed by atoms with Gasteiger partial charge in [-0.1, -0.05) is 42.0 Å². The highest BCUT2D eigenvalue weighted by molar-refractivity contribution is 6.25. The zero-order valence-corrected chi connectivity index (χ0v) is 26.9.